The average molecular weight is 404 g/mol. The second kappa shape index (κ2) is 9.60. The molecule has 0 aliphatic heterocycles. The van der Waals surface area contributed by atoms with Gasteiger partial charge in [-0.3, -0.25) is 9.59 Å². The first-order valence-electron chi connectivity index (χ1n) is 9.45. The van der Waals surface area contributed by atoms with E-state index >= 15 is 0 Å². The highest BCUT2D eigenvalue weighted by Gasteiger charge is 2.19. The van der Waals surface area contributed by atoms with Crippen LogP contribution in [-0.4, -0.2) is 38.0 Å². The standard InChI is InChI=1S/C24H24N2O4/c1-26(16-17-9-5-4-6-10-17)24(28)19-11-7-8-12-21(19)25-23(27)20-14-13-18(29-2)15-22(20)30-3/h4-15H,16H2,1-3H3,(H,25,27). The number of hydrogen-bond donors (Lipinski definition) is 1. The van der Waals surface area contributed by atoms with Crippen molar-refractivity contribution in [2.75, 3.05) is 26.6 Å². The minimum atomic E-state index is -0.375. The number of nitrogens with one attached hydrogen (secondary N) is 1. The Hall–Kier alpha value is -3.80. The molecule has 0 aliphatic rings. The van der Waals surface area contributed by atoms with Gasteiger partial charge in [0.05, 0.1) is 31.0 Å². The number of methoxy groups -OCH3 is 2. The molecule has 30 heavy (non-hydrogen) atoms. The summed E-state index contributed by atoms with van der Waals surface area (Å²) in [5.41, 5.74) is 2.22. The Morgan fingerprint density at radius 3 is 2.27 bits per heavy atom. The third kappa shape index (κ3) is 4.78. The van der Waals surface area contributed by atoms with Crippen LogP contribution in [0.1, 0.15) is 26.3 Å². The van der Waals surface area contributed by atoms with Crippen LogP contribution in [-0.2, 0) is 6.54 Å². The highest BCUT2D eigenvalue weighted by molar-refractivity contribution is 6.10. The summed E-state index contributed by atoms with van der Waals surface area (Å²) in [4.78, 5) is 27.5. The van der Waals surface area contributed by atoms with Crippen LogP contribution < -0.4 is 14.8 Å². The van der Waals surface area contributed by atoms with Gasteiger partial charge in [0.2, 0.25) is 0 Å². The fraction of sp³-hybridized carbons (Fsp3) is 0.167. The molecule has 0 bridgehead atoms. The first-order valence-corrected chi connectivity index (χ1v) is 9.45. The number of hydrogen-bond acceptors (Lipinski definition) is 4. The first-order chi connectivity index (χ1) is 14.5. The van der Waals surface area contributed by atoms with Gasteiger partial charge >= 0.3 is 0 Å². The fourth-order valence-corrected chi connectivity index (χ4v) is 3.09. The lowest BCUT2D eigenvalue weighted by atomic mass is 10.1. The van der Waals surface area contributed by atoms with Gasteiger partial charge in [-0.15, -0.1) is 0 Å². The number of ether oxygens (including phenoxy) is 2. The molecule has 0 unspecified atom stereocenters. The Bertz CT molecular complexity index is 1030. The second-order valence-corrected chi connectivity index (χ2v) is 6.71. The van der Waals surface area contributed by atoms with Crippen LogP contribution in [0.15, 0.2) is 72.8 Å². The zero-order valence-electron chi connectivity index (χ0n) is 17.2. The Labute approximate surface area is 176 Å². The van der Waals surface area contributed by atoms with Gasteiger partial charge in [-0.05, 0) is 29.8 Å². The Balaban J connectivity index is 1.81. The van der Waals surface area contributed by atoms with Gasteiger partial charge in [0.1, 0.15) is 11.5 Å². The largest absolute Gasteiger partial charge is 0.497 e. The van der Waals surface area contributed by atoms with Crippen molar-refractivity contribution in [3.63, 3.8) is 0 Å². The first kappa shape index (κ1) is 20.9. The molecule has 2 amide bonds. The molecule has 3 aromatic carbocycles. The maximum atomic E-state index is 13.0. The SMILES string of the molecule is COc1ccc(C(=O)Nc2ccccc2C(=O)N(C)Cc2ccccc2)c(OC)c1. The molecule has 3 rings (SSSR count). The molecule has 0 fully saturated rings. The van der Waals surface area contributed by atoms with E-state index in [1.807, 2.05) is 30.3 Å². The summed E-state index contributed by atoms with van der Waals surface area (Å²) in [6.45, 7) is 0.467. The third-order valence-corrected chi connectivity index (χ3v) is 4.67. The van der Waals surface area contributed by atoms with Crippen molar-refractivity contribution >= 4 is 17.5 Å². The quantitative estimate of drug-likeness (QED) is 0.640. The van der Waals surface area contributed by atoms with Gasteiger partial charge in [-0.2, -0.15) is 0 Å². The highest BCUT2D eigenvalue weighted by Crippen LogP contribution is 2.26. The molecule has 6 nitrogen and oxygen atoms in total. The molecule has 0 aliphatic carbocycles. The zero-order chi connectivity index (χ0) is 21.5. The van der Waals surface area contributed by atoms with Crippen molar-refractivity contribution in [1.82, 2.24) is 4.90 Å². The van der Waals surface area contributed by atoms with E-state index in [9.17, 15) is 9.59 Å². The number of para-hydroxylation sites is 1. The topological polar surface area (TPSA) is 67.9 Å². The van der Waals surface area contributed by atoms with Crippen LogP contribution in [0.2, 0.25) is 0 Å². The fourth-order valence-electron chi connectivity index (χ4n) is 3.09. The van der Waals surface area contributed by atoms with Crippen molar-refractivity contribution in [3.05, 3.63) is 89.5 Å². The number of carbonyl (C=O) groups is 2. The van der Waals surface area contributed by atoms with Crippen LogP contribution in [0, 0.1) is 0 Å². The van der Waals surface area contributed by atoms with Gasteiger partial charge < -0.3 is 19.7 Å². The second-order valence-electron chi connectivity index (χ2n) is 6.71. The molecule has 0 saturated carbocycles. The Morgan fingerprint density at radius 2 is 1.57 bits per heavy atom. The summed E-state index contributed by atoms with van der Waals surface area (Å²) in [6, 6.07) is 21.6. The predicted molar refractivity (Wildman–Crippen MR) is 116 cm³/mol. The maximum Gasteiger partial charge on any atom is 0.259 e. The van der Waals surface area contributed by atoms with Crippen molar-refractivity contribution < 1.29 is 19.1 Å². The molecule has 154 valence electrons. The van der Waals surface area contributed by atoms with Crippen molar-refractivity contribution in [1.29, 1.82) is 0 Å². The molecule has 0 spiro atoms. The average Bonchev–Trinajstić information content (AvgIpc) is 2.79. The predicted octanol–water partition coefficient (Wildman–Crippen LogP) is 4.23. The monoisotopic (exact) mass is 404 g/mol. The molecular formula is C24H24N2O4. The summed E-state index contributed by atoms with van der Waals surface area (Å²) in [7, 11) is 4.77. The summed E-state index contributed by atoms with van der Waals surface area (Å²) in [6.07, 6.45) is 0. The van der Waals surface area contributed by atoms with E-state index in [0.29, 0.717) is 34.9 Å². The van der Waals surface area contributed by atoms with E-state index in [0.717, 1.165) is 5.56 Å². The highest BCUT2D eigenvalue weighted by atomic mass is 16.5. The summed E-state index contributed by atoms with van der Waals surface area (Å²) in [5.74, 6) is 0.412. The molecule has 0 aromatic heterocycles. The minimum Gasteiger partial charge on any atom is -0.497 e. The van der Waals surface area contributed by atoms with Crippen LogP contribution in [0.25, 0.3) is 0 Å². The molecule has 0 saturated heterocycles. The summed E-state index contributed by atoms with van der Waals surface area (Å²) < 4.78 is 10.5. The Morgan fingerprint density at radius 1 is 0.867 bits per heavy atom. The van der Waals surface area contributed by atoms with Crippen molar-refractivity contribution in [3.8, 4) is 11.5 Å². The Kier molecular flexibility index (Phi) is 6.70. The lowest BCUT2D eigenvalue weighted by molar-refractivity contribution is 0.0786. The molecule has 1 N–H and O–H groups in total. The van der Waals surface area contributed by atoms with E-state index in [1.54, 1.807) is 61.5 Å². The van der Waals surface area contributed by atoms with Crippen LogP contribution in [0.4, 0.5) is 5.69 Å². The van der Waals surface area contributed by atoms with E-state index in [4.69, 9.17) is 9.47 Å². The lowest BCUT2D eigenvalue weighted by Gasteiger charge is -2.19. The summed E-state index contributed by atoms with van der Waals surface area (Å²) >= 11 is 0. The van der Waals surface area contributed by atoms with Gasteiger partial charge in [0.25, 0.3) is 11.8 Å². The zero-order valence-corrected chi connectivity index (χ0v) is 17.2. The number of amides is 2. The molecule has 0 radical (unpaired) electrons. The van der Waals surface area contributed by atoms with Crippen molar-refractivity contribution in [2.45, 2.75) is 6.54 Å². The van der Waals surface area contributed by atoms with Gasteiger partial charge in [-0.1, -0.05) is 42.5 Å². The summed E-state index contributed by atoms with van der Waals surface area (Å²) in [5, 5.41) is 2.83. The number of anilines is 1. The van der Waals surface area contributed by atoms with E-state index in [-0.39, 0.29) is 11.8 Å². The van der Waals surface area contributed by atoms with Gasteiger partial charge in [-0.25, -0.2) is 0 Å². The number of nitrogens with zero attached hydrogens (tertiary/aromatic N) is 1. The van der Waals surface area contributed by atoms with Gasteiger partial charge in [0.15, 0.2) is 0 Å². The minimum absolute atomic E-state index is 0.184. The normalized spacial score (nSPS) is 10.2. The van der Waals surface area contributed by atoms with Crippen LogP contribution >= 0.6 is 0 Å². The maximum absolute atomic E-state index is 13.0. The molecular weight excluding hydrogens is 380 g/mol. The van der Waals surface area contributed by atoms with E-state index < -0.39 is 0 Å². The molecule has 0 atom stereocenters. The van der Waals surface area contributed by atoms with Crippen LogP contribution in [0.3, 0.4) is 0 Å². The lowest BCUT2D eigenvalue weighted by Crippen LogP contribution is -2.27. The van der Waals surface area contributed by atoms with Crippen LogP contribution in [0.5, 0.6) is 11.5 Å². The van der Waals surface area contributed by atoms with E-state index in [1.165, 1.54) is 7.11 Å². The van der Waals surface area contributed by atoms with Gasteiger partial charge in [0, 0.05) is 19.7 Å². The molecule has 3 aromatic rings. The number of rotatable bonds is 7. The number of benzene rings is 3. The third-order valence-electron chi connectivity index (χ3n) is 4.67. The number of carbonyl (C=O) groups excluding carboxylic acids is 2. The van der Waals surface area contributed by atoms with Crippen molar-refractivity contribution in [2.24, 2.45) is 0 Å². The molecule has 0 heterocycles. The molecule has 6 heteroatoms. The van der Waals surface area contributed by atoms with E-state index in [2.05, 4.69) is 5.32 Å². The smallest absolute Gasteiger partial charge is 0.259 e.